The van der Waals surface area contributed by atoms with E-state index in [2.05, 4.69) is 19.2 Å². The molecular formula is C40H75NO13. The third-order valence-electron chi connectivity index (χ3n) is 10.5. The zero-order valence-electron chi connectivity index (χ0n) is 33.0. The largest absolute Gasteiger partial charge is 0.394 e. The van der Waals surface area contributed by atoms with E-state index < -0.39 is 86.8 Å². The second-order valence-corrected chi connectivity index (χ2v) is 15.1. The van der Waals surface area contributed by atoms with Crippen LogP contribution in [-0.4, -0.2) is 140 Å². The lowest BCUT2D eigenvalue weighted by Gasteiger charge is -2.46. The van der Waals surface area contributed by atoms with Crippen molar-refractivity contribution in [2.45, 2.75) is 216 Å². The van der Waals surface area contributed by atoms with Crippen molar-refractivity contribution in [1.29, 1.82) is 0 Å². The number of carbonyl (C=O) groups is 1. The summed E-state index contributed by atoms with van der Waals surface area (Å²) < 4.78 is 22.5. The van der Waals surface area contributed by atoms with Crippen LogP contribution in [-0.2, 0) is 23.7 Å². The average molecular weight is 778 g/mol. The predicted octanol–water partition coefficient (Wildman–Crippen LogP) is 2.87. The van der Waals surface area contributed by atoms with Gasteiger partial charge in [0.25, 0.3) is 0 Å². The van der Waals surface area contributed by atoms with Crippen LogP contribution in [0.5, 0.6) is 0 Å². The summed E-state index contributed by atoms with van der Waals surface area (Å²) in [6.07, 6.45) is 8.63. The molecule has 0 radical (unpaired) electrons. The number of nitrogens with one attached hydrogen (secondary N) is 1. The van der Waals surface area contributed by atoms with Gasteiger partial charge in [-0.05, 0) is 19.3 Å². The topological polar surface area (TPSA) is 228 Å². The fourth-order valence-corrected chi connectivity index (χ4v) is 6.94. The van der Waals surface area contributed by atoms with Gasteiger partial charge in [-0.25, -0.2) is 0 Å². The number of aliphatic hydroxyl groups is 8. The molecule has 54 heavy (non-hydrogen) atoms. The van der Waals surface area contributed by atoms with Crippen LogP contribution in [0, 0.1) is 0 Å². The summed E-state index contributed by atoms with van der Waals surface area (Å²) >= 11 is 0. The Morgan fingerprint density at radius 3 is 1.70 bits per heavy atom. The van der Waals surface area contributed by atoms with E-state index in [0.29, 0.717) is 6.42 Å². The first kappa shape index (κ1) is 48.9. The highest BCUT2D eigenvalue weighted by molar-refractivity contribution is 5.76. The molecule has 14 nitrogen and oxygen atoms in total. The second kappa shape index (κ2) is 29.0. The summed E-state index contributed by atoms with van der Waals surface area (Å²) in [6.45, 7) is 2.69. The molecule has 12 atom stereocenters. The maximum absolute atomic E-state index is 12.9. The second-order valence-electron chi connectivity index (χ2n) is 15.1. The van der Waals surface area contributed by atoms with Gasteiger partial charge in [0.05, 0.1) is 32.0 Å². The van der Waals surface area contributed by atoms with E-state index in [0.717, 1.165) is 38.5 Å². The standard InChI is InChI=1S/C40H75NO13/c1-3-5-7-9-11-12-13-14-15-16-18-19-21-23-29(44)28(41-32(45)24-22-20-17-10-8-6-4-2)27-51-39-37(50)35(48)38(31(26-43)53-39)54-40-36(49)34(47)33(46)30(25-42)52-40/h21,23,28-31,33-40,42-44,46-50H,3-20,22,24-27H2,1-2H3,(H,41,45)/b23-21+. The van der Waals surface area contributed by atoms with Crippen molar-refractivity contribution in [3.05, 3.63) is 12.2 Å². The molecule has 0 bridgehead atoms. The first-order chi connectivity index (χ1) is 26.1. The Kier molecular flexibility index (Phi) is 26.3. The first-order valence-electron chi connectivity index (χ1n) is 20.9. The van der Waals surface area contributed by atoms with Gasteiger partial charge in [0.2, 0.25) is 5.91 Å². The third kappa shape index (κ3) is 17.9. The number of allylic oxidation sites excluding steroid dienone is 1. The van der Waals surface area contributed by atoms with Crippen molar-refractivity contribution in [3.8, 4) is 0 Å². The number of amides is 1. The maximum Gasteiger partial charge on any atom is 0.220 e. The molecule has 2 saturated heterocycles. The molecule has 2 fully saturated rings. The van der Waals surface area contributed by atoms with Crippen molar-refractivity contribution in [2.24, 2.45) is 0 Å². The molecular weight excluding hydrogens is 702 g/mol. The van der Waals surface area contributed by atoms with Crippen LogP contribution < -0.4 is 5.32 Å². The highest BCUT2D eigenvalue weighted by atomic mass is 16.7. The monoisotopic (exact) mass is 778 g/mol. The SMILES string of the molecule is CCCCCCCCCCCCC/C=C/C(O)C(COC1OC(CO)C(OC2OC(CO)C(O)C(O)C2O)C(O)C1O)NC(=O)CCCCCCCCC. The Bertz CT molecular complexity index is 972. The number of ether oxygens (including phenoxy) is 4. The van der Waals surface area contributed by atoms with E-state index in [4.69, 9.17) is 18.9 Å². The zero-order chi connectivity index (χ0) is 39.7. The van der Waals surface area contributed by atoms with Gasteiger partial charge < -0.3 is 65.1 Å². The minimum atomic E-state index is -1.78. The Hall–Kier alpha value is -1.27. The molecule has 0 aromatic rings. The molecule has 2 aliphatic heterocycles. The maximum atomic E-state index is 12.9. The molecule has 2 aliphatic rings. The van der Waals surface area contributed by atoms with Crippen LogP contribution in [0.4, 0.5) is 0 Å². The zero-order valence-corrected chi connectivity index (χ0v) is 33.0. The van der Waals surface area contributed by atoms with E-state index >= 15 is 0 Å². The smallest absolute Gasteiger partial charge is 0.220 e. The lowest BCUT2D eigenvalue weighted by molar-refractivity contribution is -0.359. The molecule has 0 aliphatic carbocycles. The lowest BCUT2D eigenvalue weighted by Crippen LogP contribution is -2.65. The summed E-state index contributed by atoms with van der Waals surface area (Å²) in [5.74, 6) is -0.249. The van der Waals surface area contributed by atoms with Crippen molar-refractivity contribution in [1.82, 2.24) is 5.32 Å². The third-order valence-corrected chi connectivity index (χ3v) is 10.5. The van der Waals surface area contributed by atoms with Crippen molar-refractivity contribution in [2.75, 3.05) is 19.8 Å². The Labute approximate surface area is 323 Å². The summed E-state index contributed by atoms with van der Waals surface area (Å²) in [6, 6.07) is -0.903. The van der Waals surface area contributed by atoms with Crippen molar-refractivity contribution < 1.29 is 64.6 Å². The minimum Gasteiger partial charge on any atom is -0.394 e. The summed E-state index contributed by atoms with van der Waals surface area (Å²) in [7, 11) is 0. The summed E-state index contributed by atoms with van der Waals surface area (Å²) in [5, 5.41) is 86.0. The molecule has 2 heterocycles. The highest BCUT2D eigenvalue weighted by Gasteiger charge is 2.50. The predicted molar refractivity (Wildman–Crippen MR) is 203 cm³/mol. The van der Waals surface area contributed by atoms with E-state index in [1.165, 1.54) is 77.0 Å². The molecule has 12 unspecified atom stereocenters. The minimum absolute atomic E-state index is 0.249. The number of rotatable bonds is 30. The van der Waals surface area contributed by atoms with E-state index in [1.807, 2.05) is 6.08 Å². The Morgan fingerprint density at radius 2 is 1.15 bits per heavy atom. The molecule has 0 saturated carbocycles. The fraction of sp³-hybridized carbons (Fsp3) is 0.925. The molecule has 318 valence electrons. The van der Waals surface area contributed by atoms with Gasteiger partial charge in [0.15, 0.2) is 12.6 Å². The van der Waals surface area contributed by atoms with Crippen molar-refractivity contribution >= 4 is 5.91 Å². The van der Waals surface area contributed by atoms with Crippen LogP contribution in [0.2, 0.25) is 0 Å². The van der Waals surface area contributed by atoms with Crippen LogP contribution >= 0.6 is 0 Å². The number of hydrogen-bond donors (Lipinski definition) is 9. The van der Waals surface area contributed by atoms with Gasteiger partial charge in [-0.15, -0.1) is 0 Å². The summed E-state index contributed by atoms with van der Waals surface area (Å²) in [4.78, 5) is 12.9. The van der Waals surface area contributed by atoms with Gasteiger partial charge >= 0.3 is 0 Å². The molecule has 9 N–H and O–H groups in total. The number of unbranched alkanes of at least 4 members (excludes halogenated alkanes) is 17. The van der Waals surface area contributed by atoms with Crippen LogP contribution in [0.1, 0.15) is 142 Å². The highest BCUT2D eigenvalue weighted by Crippen LogP contribution is 2.30. The van der Waals surface area contributed by atoms with Gasteiger partial charge in [-0.1, -0.05) is 129 Å². The fourth-order valence-electron chi connectivity index (χ4n) is 6.94. The molecule has 1 amide bonds. The number of carbonyl (C=O) groups excluding carboxylic acids is 1. The van der Waals surface area contributed by atoms with E-state index in [1.54, 1.807) is 6.08 Å². The lowest BCUT2D eigenvalue weighted by atomic mass is 9.97. The molecule has 14 heteroatoms. The van der Waals surface area contributed by atoms with Gasteiger partial charge in [0.1, 0.15) is 48.8 Å². The molecule has 0 spiro atoms. The normalized spacial score (nSPS) is 30.1. The first-order valence-corrected chi connectivity index (χ1v) is 20.9. The van der Waals surface area contributed by atoms with E-state index in [-0.39, 0.29) is 18.9 Å². The molecule has 0 aromatic heterocycles. The van der Waals surface area contributed by atoms with Gasteiger partial charge in [-0.2, -0.15) is 0 Å². The average Bonchev–Trinajstić information content (AvgIpc) is 3.17. The van der Waals surface area contributed by atoms with E-state index in [9.17, 15) is 45.6 Å². The Balaban J connectivity index is 1.94. The Morgan fingerprint density at radius 1 is 0.648 bits per heavy atom. The molecule has 0 aromatic carbocycles. The summed E-state index contributed by atoms with van der Waals surface area (Å²) in [5.41, 5.74) is 0. The van der Waals surface area contributed by atoms with Crippen LogP contribution in [0.25, 0.3) is 0 Å². The van der Waals surface area contributed by atoms with Gasteiger partial charge in [0, 0.05) is 6.42 Å². The number of aliphatic hydroxyl groups excluding tert-OH is 8. The van der Waals surface area contributed by atoms with Gasteiger partial charge in [-0.3, -0.25) is 4.79 Å². The van der Waals surface area contributed by atoms with Crippen molar-refractivity contribution in [3.63, 3.8) is 0 Å². The number of hydrogen-bond acceptors (Lipinski definition) is 13. The van der Waals surface area contributed by atoms with Crippen LogP contribution in [0.15, 0.2) is 12.2 Å². The van der Waals surface area contributed by atoms with Crippen LogP contribution in [0.3, 0.4) is 0 Å². The quantitative estimate of drug-likeness (QED) is 0.0378. The molecule has 2 rings (SSSR count).